The average molecular weight is 455 g/mol. The maximum absolute atomic E-state index is 14.4. The lowest BCUT2D eigenvalue weighted by molar-refractivity contribution is -0.0221. The SMILES string of the molecule is C[C@@H](Nc1ccccc1C(=O)O)c1cc(F)cc2nc(C#N)c(N3CCC(F)(F)CC3)nc12. The average Bonchev–Trinajstić information content (AvgIpc) is 2.78. The molecule has 0 amide bonds. The molecule has 170 valence electrons. The van der Waals surface area contributed by atoms with Crippen LogP contribution in [-0.4, -0.2) is 40.1 Å². The van der Waals surface area contributed by atoms with Gasteiger partial charge in [-0.3, -0.25) is 0 Å². The van der Waals surface area contributed by atoms with E-state index < -0.39 is 23.8 Å². The van der Waals surface area contributed by atoms with E-state index in [1.807, 2.05) is 6.07 Å². The molecule has 33 heavy (non-hydrogen) atoms. The van der Waals surface area contributed by atoms with Crippen LogP contribution in [0.25, 0.3) is 11.0 Å². The summed E-state index contributed by atoms with van der Waals surface area (Å²) in [5.74, 6) is -4.30. The number of aromatic nitrogens is 2. The molecule has 2 N–H and O–H groups in total. The number of benzene rings is 2. The number of hydrogen-bond acceptors (Lipinski definition) is 6. The van der Waals surface area contributed by atoms with Crippen molar-refractivity contribution in [1.82, 2.24) is 9.97 Å². The number of fused-ring (bicyclic) bond motifs is 1. The fraction of sp³-hybridized carbons (Fsp3) is 0.304. The van der Waals surface area contributed by atoms with Crippen LogP contribution in [0.4, 0.5) is 24.7 Å². The Morgan fingerprint density at radius 3 is 2.61 bits per heavy atom. The Hall–Kier alpha value is -3.87. The molecular weight excluding hydrogens is 435 g/mol. The number of carboxylic acid groups (broad SMARTS) is 1. The summed E-state index contributed by atoms with van der Waals surface area (Å²) >= 11 is 0. The zero-order valence-electron chi connectivity index (χ0n) is 17.6. The van der Waals surface area contributed by atoms with Crippen LogP contribution in [0.1, 0.15) is 47.4 Å². The summed E-state index contributed by atoms with van der Waals surface area (Å²) in [6, 6.07) is 10.1. The number of nitrogens with zero attached hydrogens (tertiary/aromatic N) is 4. The first-order valence-corrected chi connectivity index (χ1v) is 10.3. The van der Waals surface area contributed by atoms with Gasteiger partial charge in [-0.15, -0.1) is 0 Å². The highest BCUT2D eigenvalue weighted by Gasteiger charge is 2.35. The number of para-hydroxylation sites is 1. The molecule has 10 heteroatoms. The van der Waals surface area contributed by atoms with Gasteiger partial charge in [-0.1, -0.05) is 12.1 Å². The van der Waals surface area contributed by atoms with Gasteiger partial charge in [-0.25, -0.2) is 27.9 Å². The standard InChI is InChI=1S/C23H20F3N5O2/c1-13(28-17-5-3-2-4-15(17)22(32)33)16-10-14(24)11-18-20(16)30-21(19(12-27)29-18)31-8-6-23(25,26)7-9-31/h2-5,10-11,13,28H,6-9H2,1H3,(H,32,33)/t13-/m1/s1. The first kappa shape index (κ1) is 22.3. The number of rotatable bonds is 5. The highest BCUT2D eigenvalue weighted by Crippen LogP contribution is 2.33. The van der Waals surface area contributed by atoms with E-state index in [1.165, 1.54) is 12.1 Å². The van der Waals surface area contributed by atoms with Crippen LogP contribution >= 0.6 is 0 Å². The second-order valence-corrected chi connectivity index (χ2v) is 7.93. The summed E-state index contributed by atoms with van der Waals surface area (Å²) in [6.07, 6.45) is -0.727. The topological polar surface area (TPSA) is 102 Å². The Labute approximate surface area is 187 Å². The summed E-state index contributed by atoms with van der Waals surface area (Å²) in [6.45, 7) is 1.74. The maximum atomic E-state index is 14.4. The van der Waals surface area contributed by atoms with Gasteiger partial charge < -0.3 is 15.3 Å². The van der Waals surface area contributed by atoms with Crippen molar-refractivity contribution in [3.8, 4) is 6.07 Å². The minimum atomic E-state index is -2.77. The van der Waals surface area contributed by atoms with E-state index in [0.29, 0.717) is 16.8 Å². The fourth-order valence-corrected chi connectivity index (χ4v) is 3.92. The van der Waals surface area contributed by atoms with Crippen molar-refractivity contribution >= 4 is 28.5 Å². The molecule has 0 bridgehead atoms. The van der Waals surface area contributed by atoms with Gasteiger partial charge in [0.15, 0.2) is 11.5 Å². The first-order valence-electron chi connectivity index (χ1n) is 10.3. The Morgan fingerprint density at radius 2 is 1.94 bits per heavy atom. The molecule has 1 aromatic heterocycles. The van der Waals surface area contributed by atoms with Crippen molar-refractivity contribution in [3.05, 3.63) is 59.0 Å². The van der Waals surface area contributed by atoms with E-state index in [1.54, 1.807) is 30.0 Å². The minimum absolute atomic E-state index is 0.0121. The molecule has 0 spiro atoms. The van der Waals surface area contributed by atoms with E-state index in [9.17, 15) is 28.3 Å². The van der Waals surface area contributed by atoms with Crippen LogP contribution in [0.3, 0.4) is 0 Å². The largest absolute Gasteiger partial charge is 0.478 e. The highest BCUT2D eigenvalue weighted by molar-refractivity contribution is 5.94. The predicted molar refractivity (Wildman–Crippen MR) is 116 cm³/mol. The normalized spacial score (nSPS) is 16.3. The van der Waals surface area contributed by atoms with Gasteiger partial charge >= 0.3 is 5.97 Å². The number of halogens is 3. The Balaban J connectivity index is 1.77. The molecule has 1 saturated heterocycles. The third kappa shape index (κ3) is 4.53. The molecule has 2 aromatic carbocycles. The van der Waals surface area contributed by atoms with E-state index >= 15 is 0 Å². The lowest BCUT2D eigenvalue weighted by Gasteiger charge is -2.32. The monoisotopic (exact) mass is 455 g/mol. The van der Waals surface area contributed by atoms with Crippen molar-refractivity contribution in [2.75, 3.05) is 23.3 Å². The summed E-state index contributed by atoms with van der Waals surface area (Å²) in [7, 11) is 0. The van der Waals surface area contributed by atoms with Crippen molar-refractivity contribution in [3.63, 3.8) is 0 Å². The molecule has 3 aromatic rings. The van der Waals surface area contributed by atoms with Crippen LogP contribution < -0.4 is 10.2 Å². The molecule has 0 radical (unpaired) electrons. The molecule has 0 unspecified atom stereocenters. The Bertz CT molecular complexity index is 1260. The summed E-state index contributed by atoms with van der Waals surface area (Å²) < 4.78 is 41.7. The second-order valence-electron chi connectivity index (χ2n) is 7.93. The first-order chi connectivity index (χ1) is 15.7. The molecule has 1 fully saturated rings. The molecule has 2 heterocycles. The van der Waals surface area contributed by atoms with Crippen LogP contribution in [-0.2, 0) is 0 Å². The molecule has 1 aliphatic heterocycles. The number of nitriles is 1. The van der Waals surface area contributed by atoms with Crippen molar-refractivity contribution in [1.29, 1.82) is 5.26 Å². The molecule has 0 aliphatic carbocycles. The van der Waals surface area contributed by atoms with Gasteiger partial charge in [0.2, 0.25) is 0 Å². The molecule has 0 saturated carbocycles. The maximum Gasteiger partial charge on any atom is 0.337 e. The van der Waals surface area contributed by atoms with Gasteiger partial charge in [-0.2, -0.15) is 5.26 Å². The van der Waals surface area contributed by atoms with Crippen LogP contribution in [0.2, 0.25) is 0 Å². The van der Waals surface area contributed by atoms with Gasteiger partial charge in [0.05, 0.1) is 22.6 Å². The highest BCUT2D eigenvalue weighted by atomic mass is 19.3. The number of carboxylic acids is 1. The number of alkyl halides is 2. The molecule has 1 atom stereocenters. The number of hydrogen-bond donors (Lipinski definition) is 2. The molecule has 4 rings (SSSR count). The van der Waals surface area contributed by atoms with E-state index in [-0.39, 0.29) is 48.5 Å². The number of nitrogens with one attached hydrogen (secondary N) is 1. The van der Waals surface area contributed by atoms with Crippen LogP contribution in [0, 0.1) is 17.1 Å². The summed E-state index contributed by atoms with van der Waals surface area (Å²) in [5.41, 5.74) is 1.17. The Morgan fingerprint density at radius 1 is 1.24 bits per heavy atom. The number of anilines is 2. The van der Waals surface area contributed by atoms with Gasteiger partial charge in [-0.05, 0) is 25.1 Å². The Kier molecular flexibility index (Phi) is 5.80. The molecule has 7 nitrogen and oxygen atoms in total. The molecular formula is C23H20F3N5O2. The minimum Gasteiger partial charge on any atom is -0.478 e. The van der Waals surface area contributed by atoms with Gasteiger partial charge in [0, 0.05) is 43.2 Å². The van der Waals surface area contributed by atoms with Crippen molar-refractivity contribution in [2.45, 2.75) is 31.7 Å². The quantitative estimate of drug-likeness (QED) is 0.573. The second kappa shape index (κ2) is 8.58. The zero-order valence-corrected chi connectivity index (χ0v) is 17.6. The van der Waals surface area contributed by atoms with Gasteiger partial charge in [0.25, 0.3) is 5.92 Å². The molecule has 1 aliphatic rings. The zero-order chi connectivity index (χ0) is 23.8. The fourth-order valence-electron chi connectivity index (χ4n) is 3.92. The van der Waals surface area contributed by atoms with Crippen molar-refractivity contribution < 1.29 is 23.1 Å². The third-order valence-electron chi connectivity index (χ3n) is 5.64. The van der Waals surface area contributed by atoms with Crippen LogP contribution in [0.15, 0.2) is 36.4 Å². The predicted octanol–water partition coefficient (Wildman–Crippen LogP) is 4.75. The lowest BCUT2D eigenvalue weighted by Crippen LogP contribution is -2.40. The third-order valence-corrected chi connectivity index (χ3v) is 5.64. The number of carbonyl (C=O) groups is 1. The van der Waals surface area contributed by atoms with Crippen molar-refractivity contribution in [2.24, 2.45) is 0 Å². The summed E-state index contributed by atoms with van der Waals surface area (Å²) in [4.78, 5) is 21.9. The van der Waals surface area contributed by atoms with E-state index in [2.05, 4.69) is 15.3 Å². The lowest BCUT2D eigenvalue weighted by atomic mass is 10.0. The van der Waals surface area contributed by atoms with E-state index in [4.69, 9.17) is 0 Å². The summed E-state index contributed by atoms with van der Waals surface area (Å²) in [5, 5.41) is 22.0. The smallest absolute Gasteiger partial charge is 0.337 e. The van der Waals surface area contributed by atoms with Gasteiger partial charge in [0.1, 0.15) is 11.9 Å². The number of piperidine rings is 1. The van der Waals surface area contributed by atoms with Crippen LogP contribution in [0.5, 0.6) is 0 Å². The number of aromatic carboxylic acids is 1. The van der Waals surface area contributed by atoms with E-state index in [0.717, 1.165) is 6.07 Å².